The first-order valence-electron chi connectivity index (χ1n) is 9.57. The van der Waals surface area contributed by atoms with E-state index in [-0.39, 0.29) is 0 Å². The predicted molar refractivity (Wildman–Crippen MR) is 115 cm³/mol. The van der Waals surface area contributed by atoms with Crippen molar-refractivity contribution in [3.63, 3.8) is 0 Å². The van der Waals surface area contributed by atoms with Gasteiger partial charge in [0, 0.05) is 29.9 Å². The Morgan fingerprint density at radius 1 is 0.679 bits per heavy atom. The third-order valence-electron chi connectivity index (χ3n) is 5.33. The molecule has 0 bridgehead atoms. The summed E-state index contributed by atoms with van der Waals surface area (Å²) in [6, 6.07) is 33.6. The fourth-order valence-electron chi connectivity index (χ4n) is 4.02. The lowest BCUT2D eigenvalue weighted by molar-refractivity contribution is 0.535. The molecule has 136 valence electrons. The van der Waals surface area contributed by atoms with E-state index >= 15 is 0 Å². The zero-order valence-electron chi connectivity index (χ0n) is 15.8. The van der Waals surface area contributed by atoms with Gasteiger partial charge in [-0.05, 0) is 29.3 Å². The summed E-state index contributed by atoms with van der Waals surface area (Å²) in [5.41, 5.74) is 6.13. The van der Waals surface area contributed by atoms with Crippen LogP contribution in [0.4, 0.5) is 0 Å². The van der Waals surface area contributed by atoms with E-state index in [1.165, 1.54) is 27.7 Å². The number of furan rings is 1. The maximum absolute atomic E-state index is 6.21. The third kappa shape index (κ3) is 2.84. The van der Waals surface area contributed by atoms with Gasteiger partial charge in [0.1, 0.15) is 11.5 Å². The van der Waals surface area contributed by atoms with Crippen LogP contribution in [0.3, 0.4) is 0 Å². The van der Waals surface area contributed by atoms with Gasteiger partial charge >= 0.3 is 0 Å². The molecule has 0 aliphatic rings. The Morgan fingerprint density at radius 3 is 2.07 bits per heavy atom. The molecule has 0 aliphatic carbocycles. The minimum Gasteiger partial charge on any atom is -0.461 e. The third-order valence-corrected chi connectivity index (χ3v) is 5.33. The molecule has 5 aromatic rings. The van der Waals surface area contributed by atoms with Crippen molar-refractivity contribution in [2.45, 2.75) is 6.42 Å². The molecule has 0 saturated heterocycles. The average Bonchev–Trinajstić information content (AvgIpc) is 3.33. The maximum Gasteiger partial charge on any atom is 0.134 e. The van der Waals surface area contributed by atoms with Crippen LogP contribution in [0.15, 0.2) is 101 Å². The molecule has 0 spiro atoms. The Kier molecular flexibility index (Phi) is 4.10. The van der Waals surface area contributed by atoms with Crippen LogP contribution in [-0.4, -0.2) is 4.57 Å². The van der Waals surface area contributed by atoms with Crippen LogP contribution in [-0.2, 0) is 13.5 Å². The van der Waals surface area contributed by atoms with E-state index in [0.29, 0.717) is 0 Å². The molecule has 0 fully saturated rings. The van der Waals surface area contributed by atoms with Crippen molar-refractivity contribution in [1.82, 2.24) is 4.57 Å². The average molecular weight is 363 g/mol. The van der Waals surface area contributed by atoms with Gasteiger partial charge in [-0.15, -0.1) is 0 Å². The second-order valence-corrected chi connectivity index (χ2v) is 7.08. The highest BCUT2D eigenvalue weighted by molar-refractivity contribution is 5.92. The summed E-state index contributed by atoms with van der Waals surface area (Å²) in [6.45, 7) is 0. The second-order valence-electron chi connectivity index (χ2n) is 7.08. The molecular weight excluding hydrogens is 342 g/mol. The lowest BCUT2D eigenvalue weighted by Crippen LogP contribution is -1.94. The quantitative estimate of drug-likeness (QED) is 0.347. The van der Waals surface area contributed by atoms with Gasteiger partial charge in [-0.2, -0.15) is 0 Å². The molecule has 2 heteroatoms. The largest absolute Gasteiger partial charge is 0.461 e. The zero-order valence-corrected chi connectivity index (χ0v) is 15.8. The van der Waals surface area contributed by atoms with Crippen molar-refractivity contribution in [2.24, 2.45) is 7.05 Å². The standard InChI is InChI=1S/C26H21NO/c1-27-24-15-9-8-14-22(24)23(26(27)20-12-6-3-7-13-20)18-21-16-17-25(28-21)19-10-4-2-5-11-19/h2-17H,18H2,1H3. The molecule has 5 rings (SSSR count). The van der Waals surface area contributed by atoms with Gasteiger partial charge < -0.3 is 8.98 Å². The first kappa shape index (κ1) is 16.6. The van der Waals surface area contributed by atoms with Crippen LogP contribution < -0.4 is 0 Å². The minimum absolute atomic E-state index is 0.762. The number of rotatable bonds is 4. The number of para-hydroxylation sites is 1. The van der Waals surface area contributed by atoms with Crippen molar-refractivity contribution >= 4 is 10.9 Å². The second kappa shape index (κ2) is 6.90. The number of aromatic nitrogens is 1. The highest BCUT2D eigenvalue weighted by Crippen LogP contribution is 2.35. The van der Waals surface area contributed by atoms with Crippen molar-refractivity contribution in [2.75, 3.05) is 0 Å². The van der Waals surface area contributed by atoms with E-state index in [2.05, 4.69) is 90.5 Å². The highest BCUT2D eigenvalue weighted by atomic mass is 16.3. The van der Waals surface area contributed by atoms with Crippen LogP contribution >= 0.6 is 0 Å². The van der Waals surface area contributed by atoms with Gasteiger partial charge in [0.2, 0.25) is 0 Å². The number of hydrogen-bond donors (Lipinski definition) is 0. The summed E-state index contributed by atoms with van der Waals surface area (Å²) in [5.74, 6) is 1.89. The van der Waals surface area contributed by atoms with E-state index in [4.69, 9.17) is 4.42 Å². The lowest BCUT2D eigenvalue weighted by Gasteiger charge is -2.08. The van der Waals surface area contributed by atoms with Gasteiger partial charge in [-0.1, -0.05) is 78.9 Å². The predicted octanol–water partition coefficient (Wildman–Crippen LogP) is 6.70. The molecule has 0 radical (unpaired) electrons. The molecule has 0 aliphatic heterocycles. The molecule has 0 N–H and O–H groups in total. The van der Waals surface area contributed by atoms with Crippen molar-refractivity contribution in [3.05, 3.63) is 108 Å². The fraction of sp³-hybridized carbons (Fsp3) is 0.0769. The lowest BCUT2D eigenvalue weighted by atomic mass is 10.0. The summed E-state index contributed by atoms with van der Waals surface area (Å²) < 4.78 is 8.51. The SMILES string of the molecule is Cn1c(-c2ccccc2)c(Cc2ccc(-c3ccccc3)o2)c2ccccc21. The van der Waals surface area contributed by atoms with Crippen LogP contribution in [0.1, 0.15) is 11.3 Å². The summed E-state index contributed by atoms with van der Waals surface area (Å²) >= 11 is 0. The fourth-order valence-corrected chi connectivity index (χ4v) is 4.02. The Labute approximate surface area is 164 Å². The van der Waals surface area contributed by atoms with E-state index in [1.54, 1.807) is 0 Å². The van der Waals surface area contributed by atoms with Crippen LogP contribution in [0.5, 0.6) is 0 Å². The molecule has 0 atom stereocenters. The number of nitrogens with zero attached hydrogens (tertiary/aromatic N) is 1. The Hall–Kier alpha value is -3.52. The van der Waals surface area contributed by atoms with E-state index < -0.39 is 0 Å². The van der Waals surface area contributed by atoms with E-state index in [1.807, 2.05) is 18.2 Å². The molecule has 0 unspecified atom stereocenters. The molecule has 2 nitrogen and oxygen atoms in total. The van der Waals surface area contributed by atoms with Crippen LogP contribution in [0.25, 0.3) is 33.5 Å². The Balaban J connectivity index is 1.62. The van der Waals surface area contributed by atoms with Gasteiger partial charge in [0.05, 0.1) is 5.69 Å². The van der Waals surface area contributed by atoms with E-state index in [9.17, 15) is 0 Å². The molecule has 0 saturated carbocycles. The van der Waals surface area contributed by atoms with Gasteiger partial charge in [-0.25, -0.2) is 0 Å². The first-order valence-corrected chi connectivity index (χ1v) is 9.57. The minimum atomic E-state index is 0.762. The number of benzene rings is 3. The number of hydrogen-bond acceptors (Lipinski definition) is 1. The van der Waals surface area contributed by atoms with Gasteiger partial charge in [0.15, 0.2) is 0 Å². The number of aryl methyl sites for hydroxylation is 1. The molecule has 2 heterocycles. The molecule has 3 aromatic carbocycles. The maximum atomic E-state index is 6.21. The van der Waals surface area contributed by atoms with Crippen LogP contribution in [0.2, 0.25) is 0 Å². The Morgan fingerprint density at radius 2 is 1.32 bits per heavy atom. The summed E-state index contributed by atoms with van der Waals surface area (Å²) in [5, 5.41) is 1.28. The highest BCUT2D eigenvalue weighted by Gasteiger charge is 2.18. The zero-order chi connectivity index (χ0) is 18.9. The Bertz CT molecular complexity index is 1230. The van der Waals surface area contributed by atoms with Crippen molar-refractivity contribution in [1.29, 1.82) is 0 Å². The van der Waals surface area contributed by atoms with Gasteiger partial charge in [-0.3, -0.25) is 0 Å². The summed E-state index contributed by atoms with van der Waals surface area (Å²) in [6.07, 6.45) is 0.762. The molecule has 0 amide bonds. The molecule has 28 heavy (non-hydrogen) atoms. The normalized spacial score (nSPS) is 11.2. The topological polar surface area (TPSA) is 18.1 Å². The summed E-state index contributed by atoms with van der Waals surface area (Å²) in [4.78, 5) is 0. The summed E-state index contributed by atoms with van der Waals surface area (Å²) in [7, 11) is 2.14. The van der Waals surface area contributed by atoms with Crippen LogP contribution in [0, 0.1) is 0 Å². The first-order chi connectivity index (χ1) is 13.8. The monoisotopic (exact) mass is 363 g/mol. The number of fused-ring (bicyclic) bond motifs is 1. The van der Waals surface area contributed by atoms with Crippen molar-refractivity contribution < 1.29 is 4.42 Å². The smallest absolute Gasteiger partial charge is 0.134 e. The molecular formula is C26H21NO. The van der Waals surface area contributed by atoms with E-state index in [0.717, 1.165) is 23.5 Å². The van der Waals surface area contributed by atoms with Crippen molar-refractivity contribution in [3.8, 4) is 22.6 Å². The van der Waals surface area contributed by atoms with Gasteiger partial charge in [0.25, 0.3) is 0 Å². The molecule has 2 aromatic heterocycles.